The van der Waals surface area contributed by atoms with Crippen LogP contribution in [-0.4, -0.2) is 0 Å². The largest absolute Gasteiger partial charge is 0.0654 e. The van der Waals surface area contributed by atoms with Crippen molar-refractivity contribution in [2.45, 2.75) is 112 Å². The zero-order chi connectivity index (χ0) is 16.6. The average Bonchev–Trinajstić information content (AvgIpc) is 2.43. The van der Waals surface area contributed by atoms with E-state index < -0.39 is 0 Å². The van der Waals surface area contributed by atoms with Gasteiger partial charge in [-0.25, -0.2) is 0 Å². The molecule has 0 aromatic heterocycles. The van der Waals surface area contributed by atoms with Crippen molar-refractivity contribution < 1.29 is 0 Å². The highest BCUT2D eigenvalue weighted by molar-refractivity contribution is 4.86. The SMILES string of the molecule is CCCCC(C)CCCC(C)CCC1C(C)CCCC1(C)C. The van der Waals surface area contributed by atoms with Crippen LogP contribution in [0.25, 0.3) is 0 Å². The first-order valence-electron chi connectivity index (χ1n) is 10.4. The third kappa shape index (κ3) is 7.05. The normalized spacial score (nSPS) is 27.5. The molecule has 0 spiro atoms. The number of unbranched alkanes of at least 4 members (excludes halogenated alkanes) is 1. The minimum atomic E-state index is 0.589. The molecule has 0 aliphatic heterocycles. The lowest BCUT2D eigenvalue weighted by atomic mass is 9.62. The summed E-state index contributed by atoms with van der Waals surface area (Å²) in [6, 6.07) is 0. The molecule has 0 amide bonds. The summed E-state index contributed by atoms with van der Waals surface area (Å²) in [4.78, 5) is 0. The molecule has 1 aliphatic rings. The molecule has 0 heterocycles. The van der Waals surface area contributed by atoms with Gasteiger partial charge in [0.25, 0.3) is 0 Å². The Balaban J connectivity index is 2.20. The molecule has 0 bridgehead atoms. The molecular formula is C22H44. The van der Waals surface area contributed by atoms with Crippen molar-refractivity contribution in [2.75, 3.05) is 0 Å². The maximum absolute atomic E-state index is 2.52. The lowest BCUT2D eigenvalue weighted by Crippen LogP contribution is -2.33. The van der Waals surface area contributed by atoms with Crippen molar-refractivity contribution in [3.05, 3.63) is 0 Å². The van der Waals surface area contributed by atoms with Gasteiger partial charge < -0.3 is 0 Å². The van der Waals surface area contributed by atoms with E-state index in [4.69, 9.17) is 0 Å². The molecule has 4 unspecified atom stereocenters. The highest BCUT2D eigenvalue weighted by Gasteiger charge is 2.36. The van der Waals surface area contributed by atoms with Crippen LogP contribution in [0.2, 0.25) is 0 Å². The third-order valence-electron chi connectivity index (χ3n) is 6.59. The van der Waals surface area contributed by atoms with E-state index in [1.807, 2.05) is 0 Å². The molecule has 1 rings (SSSR count). The fourth-order valence-corrected chi connectivity index (χ4v) is 4.83. The topological polar surface area (TPSA) is 0 Å². The molecule has 22 heavy (non-hydrogen) atoms. The van der Waals surface area contributed by atoms with Gasteiger partial charge in [0.05, 0.1) is 0 Å². The van der Waals surface area contributed by atoms with Gasteiger partial charge in [-0.1, -0.05) is 99.3 Å². The van der Waals surface area contributed by atoms with Crippen molar-refractivity contribution in [3.63, 3.8) is 0 Å². The Morgan fingerprint density at radius 2 is 1.55 bits per heavy atom. The number of hydrogen-bond acceptors (Lipinski definition) is 0. The van der Waals surface area contributed by atoms with Crippen molar-refractivity contribution in [1.29, 1.82) is 0 Å². The highest BCUT2D eigenvalue weighted by Crippen LogP contribution is 2.46. The Hall–Kier alpha value is 0. The van der Waals surface area contributed by atoms with Crippen LogP contribution in [0.3, 0.4) is 0 Å². The van der Waals surface area contributed by atoms with Crippen LogP contribution >= 0.6 is 0 Å². The van der Waals surface area contributed by atoms with Gasteiger partial charge in [0.2, 0.25) is 0 Å². The first kappa shape index (κ1) is 20.0. The van der Waals surface area contributed by atoms with Crippen molar-refractivity contribution in [1.82, 2.24) is 0 Å². The molecule has 0 saturated heterocycles. The molecule has 0 heteroatoms. The summed E-state index contributed by atoms with van der Waals surface area (Å²) >= 11 is 0. The van der Waals surface area contributed by atoms with E-state index in [0.717, 1.165) is 23.7 Å². The predicted molar refractivity (Wildman–Crippen MR) is 101 cm³/mol. The van der Waals surface area contributed by atoms with Crippen molar-refractivity contribution in [2.24, 2.45) is 29.1 Å². The second kappa shape index (κ2) is 9.99. The van der Waals surface area contributed by atoms with Gasteiger partial charge in [-0.3, -0.25) is 0 Å². The van der Waals surface area contributed by atoms with E-state index in [-0.39, 0.29) is 0 Å². The summed E-state index contributed by atoms with van der Waals surface area (Å²) in [5.74, 6) is 3.80. The summed E-state index contributed by atoms with van der Waals surface area (Å²) in [5.41, 5.74) is 0.589. The molecule has 4 atom stereocenters. The van der Waals surface area contributed by atoms with E-state index in [0.29, 0.717) is 5.41 Å². The molecule has 1 saturated carbocycles. The van der Waals surface area contributed by atoms with Crippen LogP contribution in [0.5, 0.6) is 0 Å². The van der Waals surface area contributed by atoms with Crippen LogP contribution in [0.1, 0.15) is 112 Å². The Kier molecular flexibility index (Phi) is 9.10. The van der Waals surface area contributed by atoms with Crippen LogP contribution in [-0.2, 0) is 0 Å². The highest BCUT2D eigenvalue weighted by atomic mass is 14.4. The van der Waals surface area contributed by atoms with Gasteiger partial charge >= 0.3 is 0 Å². The lowest BCUT2D eigenvalue weighted by molar-refractivity contribution is 0.0706. The van der Waals surface area contributed by atoms with Crippen LogP contribution in [0.15, 0.2) is 0 Å². The van der Waals surface area contributed by atoms with Crippen LogP contribution in [0, 0.1) is 29.1 Å². The van der Waals surface area contributed by atoms with E-state index in [1.54, 1.807) is 0 Å². The van der Waals surface area contributed by atoms with Gasteiger partial charge in [-0.2, -0.15) is 0 Å². The van der Waals surface area contributed by atoms with Crippen molar-refractivity contribution >= 4 is 0 Å². The molecule has 1 aliphatic carbocycles. The minimum absolute atomic E-state index is 0.589. The summed E-state index contributed by atoms with van der Waals surface area (Å²) in [7, 11) is 0. The first-order valence-corrected chi connectivity index (χ1v) is 10.4. The lowest BCUT2D eigenvalue weighted by Gasteiger charge is -2.43. The summed E-state index contributed by atoms with van der Waals surface area (Å²) in [5, 5.41) is 0. The summed E-state index contributed by atoms with van der Waals surface area (Å²) in [6.07, 6.45) is 15.9. The quantitative estimate of drug-likeness (QED) is 0.385. The zero-order valence-electron chi connectivity index (χ0n) is 16.6. The molecule has 0 nitrogen and oxygen atoms in total. The van der Waals surface area contributed by atoms with Gasteiger partial charge in [-0.05, 0) is 41.9 Å². The van der Waals surface area contributed by atoms with Gasteiger partial charge in [0, 0.05) is 0 Å². The zero-order valence-corrected chi connectivity index (χ0v) is 16.6. The summed E-state index contributed by atoms with van der Waals surface area (Å²) < 4.78 is 0. The number of rotatable bonds is 10. The van der Waals surface area contributed by atoms with Crippen molar-refractivity contribution in [3.8, 4) is 0 Å². The molecular weight excluding hydrogens is 264 g/mol. The second-order valence-electron chi connectivity index (χ2n) is 9.33. The Morgan fingerprint density at radius 3 is 2.14 bits per heavy atom. The predicted octanol–water partition coefficient (Wildman–Crippen LogP) is 7.86. The van der Waals surface area contributed by atoms with E-state index in [9.17, 15) is 0 Å². The molecule has 1 fully saturated rings. The minimum Gasteiger partial charge on any atom is -0.0654 e. The maximum atomic E-state index is 2.52. The summed E-state index contributed by atoms with van der Waals surface area (Å²) in [6.45, 7) is 14.8. The molecule has 132 valence electrons. The fraction of sp³-hybridized carbons (Fsp3) is 1.00. The van der Waals surface area contributed by atoms with E-state index >= 15 is 0 Å². The molecule has 0 aromatic carbocycles. The average molecular weight is 309 g/mol. The molecule has 0 radical (unpaired) electrons. The van der Waals surface area contributed by atoms with Gasteiger partial charge in [0.15, 0.2) is 0 Å². The Bertz CT molecular complexity index is 278. The monoisotopic (exact) mass is 308 g/mol. The van der Waals surface area contributed by atoms with E-state index in [2.05, 4.69) is 41.5 Å². The smallest absolute Gasteiger partial charge is 0.0323 e. The molecule has 0 N–H and O–H groups in total. The van der Waals surface area contributed by atoms with Gasteiger partial charge in [0.1, 0.15) is 0 Å². The van der Waals surface area contributed by atoms with Crippen LogP contribution in [0.4, 0.5) is 0 Å². The van der Waals surface area contributed by atoms with E-state index in [1.165, 1.54) is 70.6 Å². The molecule has 0 aromatic rings. The Labute approximate surface area is 141 Å². The third-order valence-corrected chi connectivity index (χ3v) is 6.59. The number of hydrogen-bond donors (Lipinski definition) is 0. The fourth-order valence-electron chi connectivity index (χ4n) is 4.83. The second-order valence-corrected chi connectivity index (χ2v) is 9.33. The Morgan fingerprint density at radius 1 is 0.955 bits per heavy atom. The first-order chi connectivity index (χ1) is 10.4. The standard InChI is InChI=1S/C22H44/c1-7-8-11-18(2)12-9-13-19(3)15-16-21-20(4)14-10-17-22(21,5)6/h18-21H,7-17H2,1-6H3. The van der Waals surface area contributed by atoms with Crippen LogP contribution < -0.4 is 0 Å². The van der Waals surface area contributed by atoms with Gasteiger partial charge in [-0.15, -0.1) is 0 Å². The maximum Gasteiger partial charge on any atom is -0.0323 e.